The molecule has 1 saturated carbocycles. The summed E-state index contributed by atoms with van der Waals surface area (Å²) in [5.41, 5.74) is 0.672. The lowest BCUT2D eigenvalue weighted by atomic mass is 9.60. The van der Waals surface area contributed by atoms with E-state index in [-0.39, 0.29) is 5.41 Å². The van der Waals surface area contributed by atoms with Crippen LogP contribution in [0.25, 0.3) is 0 Å². The van der Waals surface area contributed by atoms with Crippen LogP contribution in [0.3, 0.4) is 0 Å². The molecule has 1 nitrogen and oxygen atoms in total. The van der Waals surface area contributed by atoms with Crippen LogP contribution in [-0.2, 0) is 5.41 Å². The maximum absolute atomic E-state index is 9.24. The highest BCUT2D eigenvalue weighted by atomic mass is 35.5. The number of nitrogens with zero attached hydrogens (tertiary/aromatic N) is 1. The van der Waals surface area contributed by atoms with Crippen molar-refractivity contribution in [3.8, 4) is 6.07 Å². The molecule has 0 spiro atoms. The van der Waals surface area contributed by atoms with Crippen LogP contribution in [0.5, 0.6) is 0 Å². The van der Waals surface area contributed by atoms with Gasteiger partial charge in [0, 0.05) is 0 Å². The van der Waals surface area contributed by atoms with Crippen molar-refractivity contribution < 1.29 is 0 Å². The van der Waals surface area contributed by atoms with Crippen molar-refractivity contribution in [2.75, 3.05) is 0 Å². The Kier molecular flexibility index (Phi) is 2.66. The number of halogens is 2. The third-order valence-corrected chi connectivity index (χ3v) is 3.82. The number of nitriles is 1. The topological polar surface area (TPSA) is 23.8 Å². The van der Waals surface area contributed by atoms with Gasteiger partial charge < -0.3 is 0 Å². The first kappa shape index (κ1) is 10.8. The van der Waals surface area contributed by atoms with Crippen LogP contribution in [0.4, 0.5) is 0 Å². The third kappa shape index (κ3) is 1.73. The van der Waals surface area contributed by atoms with Gasteiger partial charge in [-0.2, -0.15) is 5.26 Å². The molecule has 0 aromatic heterocycles. The summed E-state index contributed by atoms with van der Waals surface area (Å²) in [6, 6.07) is 7.90. The van der Waals surface area contributed by atoms with Gasteiger partial charge in [-0.15, -0.1) is 0 Å². The zero-order chi connectivity index (χ0) is 11.1. The van der Waals surface area contributed by atoms with Crippen molar-refractivity contribution in [3.63, 3.8) is 0 Å². The Morgan fingerprint density at radius 3 is 2.47 bits per heavy atom. The van der Waals surface area contributed by atoms with Gasteiger partial charge >= 0.3 is 0 Å². The quantitative estimate of drug-likeness (QED) is 0.722. The van der Waals surface area contributed by atoms with E-state index in [0.717, 1.165) is 18.4 Å². The SMILES string of the molecule is CC1CC(C#N)(c2ccc(Cl)c(Cl)c2)C1. The zero-order valence-corrected chi connectivity index (χ0v) is 9.94. The Hall–Kier alpha value is -0.710. The summed E-state index contributed by atoms with van der Waals surface area (Å²) < 4.78 is 0. The Labute approximate surface area is 99.6 Å². The van der Waals surface area contributed by atoms with Gasteiger partial charge in [0.1, 0.15) is 0 Å². The van der Waals surface area contributed by atoms with E-state index in [2.05, 4.69) is 13.0 Å². The molecule has 0 heterocycles. The lowest BCUT2D eigenvalue weighted by Crippen LogP contribution is -2.38. The van der Waals surface area contributed by atoms with Crippen molar-refractivity contribution in [1.82, 2.24) is 0 Å². The molecule has 0 radical (unpaired) electrons. The van der Waals surface area contributed by atoms with Crippen LogP contribution < -0.4 is 0 Å². The molecule has 2 rings (SSSR count). The second-order valence-electron chi connectivity index (χ2n) is 4.34. The molecule has 0 aliphatic heterocycles. The smallest absolute Gasteiger partial charge is 0.0828 e. The van der Waals surface area contributed by atoms with Gasteiger partial charge in [-0.25, -0.2) is 0 Å². The standard InChI is InChI=1S/C12H11Cl2N/c1-8-5-12(6-8,7-15)9-2-3-10(13)11(14)4-9/h2-4,8H,5-6H2,1H3. The molecule has 15 heavy (non-hydrogen) atoms. The highest BCUT2D eigenvalue weighted by Gasteiger charge is 2.43. The molecule has 0 saturated heterocycles. The molecule has 3 heteroatoms. The minimum Gasteiger partial charge on any atom is -0.197 e. The van der Waals surface area contributed by atoms with Gasteiger partial charge in [-0.05, 0) is 36.5 Å². The summed E-state index contributed by atoms with van der Waals surface area (Å²) in [5.74, 6) is 0.624. The van der Waals surface area contributed by atoms with Gasteiger partial charge in [0.15, 0.2) is 0 Å². The normalized spacial score (nSPS) is 29.3. The van der Waals surface area contributed by atoms with E-state index in [1.807, 2.05) is 12.1 Å². The van der Waals surface area contributed by atoms with Crippen molar-refractivity contribution in [2.24, 2.45) is 5.92 Å². The molecule has 0 bridgehead atoms. The molecule has 1 aromatic carbocycles. The number of benzene rings is 1. The molecule has 1 aliphatic carbocycles. The van der Waals surface area contributed by atoms with E-state index >= 15 is 0 Å². The van der Waals surface area contributed by atoms with Crippen LogP contribution in [-0.4, -0.2) is 0 Å². The molecule has 1 aromatic rings. The van der Waals surface area contributed by atoms with Crippen molar-refractivity contribution in [2.45, 2.75) is 25.2 Å². The predicted octanol–water partition coefficient (Wildman–Crippen LogP) is 4.18. The minimum atomic E-state index is -0.326. The molecular weight excluding hydrogens is 229 g/mol. The van der Waals surface area contributed by atoms with E-state index < -0.39 is 0 Å². The second kappa shape index (κ2) is 3.70. The Morgan fingerprint density at radius 1 is 1.33 bits per heavy atom. The molecule has 0 amide bonds. The van der Waals surface area contributed by atoms with Crippen molar-refractivity contribution >= 4 is 23.2 Å². The van der Waals surface area contributed by atoms with Gasteiger partial charge in [0.25, 0.3) is 0 Å². The van der Waals surface area contributed by atoms with Gasteiger partial charge in [0.2, 0.25) is 0 Å². The summed E-state index contributed by atoms with van der Waals surface area (Å²) in [5, 5.41) is 10.3. The largest absolute Gasteiger partial charge is 0.197 e. The van der Waals surface area contributed by atoms with Gasteiger partial charge in [0.05, 0.1) is 21.5 Å². The van der Waals surface area contributed by atoms with Gasteiger partial charge in [-0.1, -0.05) is 36.2 Å². The summed E-state index contributed by atoms with van der Waals surface area (Å²) in [6.45, 7) is 2.16. The fraction of sp³-hybridized carbons (Fsp3) is 0.417. The lowest BCUT2D eigenvalue weighted by Gasteiger charge is -2.41. The molecular formula is C12H11Cl2N. The average Bonchev–Trinajstić information content (AvgIpc) is 2.17. The van der Waals surface area contributed by atoms with Crippen LogP contribution in [0.1, 0.15) is 25.3 Å². The zero-order valence-electron chi connectivity index (χ0n) is 8.43. The first-order chi connectivity index (χ1) is 7.07. The highest BCUT2D eigenvalue weighted by Crippen LogP contribution is 2.47. The van der Waals surface area contributed by atoms with Crippen LogP contribution in [0.2, 0.25) is 10.0 Å². The third-order valence-electron chi connectivity index (χ3n) is 3.08. The Morgan fingerprint density at radius 2 is 2.00 bits per heavy atom. The van der Waals surface area contributed by atoms with Crippen LogP contribution in [0, 0.1) is 17.2 Å². The number of hydrogen-bond donors (Lipinski definition) is 0. The van der Waals surface area contributed by atoms with E-state index in [9.17, 15) is 5.26 Å². The molecule has 0 atom stereocenters. The van der Waals surface area contributed by atoms with E-state index in [0.29, 0.717) is 16.0 Å². The molecule has 1 aliphatic rings. The molecule has 1 fully saturated rings. The van der Waals surface area contributed by atoms with Crippen molar-refractivity contribution in [3.05, 3.63) is 33.8 Å². The molecule has 0 unspecified atom stereocenters. The average molecular weight is 240 g/mol. The maximum Gasteiger partial charge on any atom is 0.0828 e. The number of rotatable bonds is 1. The van der Waals surface area contributed by atoms with E-state index in [4.69, 9.17) is 23.2 Å². The van der Waals surface area contributed by atoms with Crippen LogP contribution >= 0.6 is 23.2 Å². The number of hydrogen-bond acceptors (Lipinski definition) is 1. The summed E-state index contributed by atoms with van der Waals surface area (Å²) in [7, 11) is 0. The predicted molar refractivity (Wildman–Crippen MR) is 62.2 cm³/mol. The first-order valence-electron chi connectivity index (χ1n) is 4.94. The summed E-state index contributed by atoms with van der Waals surface area (Å²) >= 11 is 11.8. The maximum atomic E-state index is 9.24. The fourth-order valence-electron chi connectivity index (χ4n) is 2.32. The molecule has 0 N–H and O–H groups in total. The summed E-state index contributed by atoms with van der Waals surface area (Å²) in [6.07, 6.45) is 1.84. The summed E-state index contributed by atoms with van der Waals surface area (Å²) in [4.78, 5) is 0. The van der Waals surface area contributed by atoms with Crippen molar-refractivity contribution in [1.29, 1.82) is 5.26 Å². The fourth-order valence-corrected chi connectivity index (χ4v) is 2.61. The van der Waals surface area contributed by atoms with Crippen LogP contribution in [0.15, 0.2) is 18.2 Å². The monoisotopic (exact) mass is 239 g/mol. The second-order valence-corrected chi connectivity index (χ2v) is 5.15. The molecule has 78 valence electrons. The minimum absolute atomic E-state index is 0.326. The Bertz CT molecular complexity index is 428. The lowest BCUT2D eigenvalue weighted by molar-refractivity contribution is 0.217. The Balaban J connectivity index is 2.38. The van der Waals surface area contributed by atoms with E-state index in [1.54, 1.807) is 6.07 Å². The first-order valence-corrected chi connectivity index (χ1v) is 5.70. The van der Waals surface area contributed by atoms with Gasteiger partial charge in [-0.3, -0.25) is 0 Å². The van der Waals surface area contributed by atoms with E-state index in [1.165, 1.54) is 0 Å². The highest BCUT2D eigenvalue weighted by molar-refractivity contribution is 6.42.